The van der Waals surface area contributed by atoms with E-state index in [9.17, 15) is 9.59 Å². The Kier molecular flexibility index (Phi) is 6.16. The van der Waals surface area contributed by atoms with Crippen LogP contribution in [0.1, 0.15) is 23.0 Å². The molecule has 8 heteroatoms. The highest BCUT2D eigenvalue weighted by atomic mass is 16.5. The Hall–Kier alpha value is -4.59. The monoisotopic (exact) mass is 482 g/mol. The Bertz CT molecular complexity index is 1620. The summed E-state index contributed by atoms with van der Waals surface area (Å²) in [5, 5.41) is 8.85. The van der Waals surface area contributed by atoms with Crippen LogP contribution in [-0.4, -0.2) is 34.0 Å². The van der Waals surface area contributed by atoms with Gasteiger partial charge >= 0.3 is 0 Å². The van der Waals surface area contributed by atoms with Crippen molar-refractivity contribution in [1.29, 1.82) is 0 Å². The predicted octanol–water partition coefficient (Wildman–Crippen LogP) is 4.21. The molecule has 0 bridgehead atoms. The van der Waals surface area contributed by atoms with Crippen molar-refractivity contribution >= 4 is 27.7 Å². The average Bonchev–Trinajstić information content (AvgIpc) is 3.22. The molecule has 0 spiro atoms. The van der Waals surface area contributed by atoms with E-state index in [1.54, 1.807) is 31.4 Å². The molecule has 0 fully saturated rings. The minimum atomic E-state index is -0.368. The van der Waals surface area contributed by atoms with Crippen LogP contribution < -0.4 is 20.3 Å². The first-order valence-corrected chi connectivity index (χ1v) is 11.7. The maximum Gasteiger partial charge on any atom is 0.296 e. The van der Waals surface area contributed by atoms with Crippen LogP contribution in [0.15, 0.2) is 77.6 Å². The van der Waals surface area contributed by atoms with Crippen molar-refractivity contribution in [2.24, 2.45) is 7.05 Å². The molecule has 182 valence electrons. The third kappa shape index (κ3) is 4.07. The van der Waals surface area contributed by atoms with Gasteiger partial charge in [0.1, 0.15) is 17.0 Å². The molecule has 0 aliphatic rings. The lowest BCUT2D eigenvalue weighted by atomic mass is 10.1. The molecule has 1 amide bonds. The van der Waals surface area contributed by atoms with Crippen molar-refractivity contribution in [3.05, 3.63) is 94.4 Å². The van der Waals surface area contributed by atoms with Crippen molar-refractivity contribution in [3.63, 3.8) is 0 Å². The van der Waals surface area contributed by atoms with Gasteiger partial charge in [-0.2, -0.15) is 9.78 Å². The molecule has 5 aromatic rings. The largest absolute Gasteiger partial charge is 0.497 e. The van der Waals surface area contributed by atoms with Gasteiger partial charge in [0.05, 0.1) is 19.4 Å². The first-order chi connectivity index (χ1) is 17.5. The number of para-hydroxylation sites is 1. The molecular formula is C28H26N4O4. The van der Waals surface area contributed by atoms with Crippen LogP contribution in [-0.2, 0) is 13.6 Å². The minimum absolute atomic E-state index is 0.183. The van der Waals surface area contributed by atoms with Gasteiger partial charge in [-0.1, -0.05) is 30.3 Å². The maximum atomic E-state index is 13.6. The number of fused-ring (bicyclic) bond motifs is 3. The fraction of sp³-hybridized carbons (Fsp3) is 0.179. The SMILES string of the molecule is CCOc1ccc(CNC(=O)c2nn(-c3ccc(OC)cc3)c(=O)c3c2c2ccccc2n3C)cc1. The number of amides is 1. The zero-order valence-corrected chi connectivity index (χ0v) is 20.3. The highest BCUT2D eigenvalue weighted by molar-refractivity contribution is 6.16. The summed E-state index contributed by atoms with van der Waals surface area (Å²) in [6.07, 6.45) is 0. The number of carbonyl (C=O) groups is 1. The van der Waals surface area contributed by atoms with Gasteiger partial charge in [0.2, 0.25) is 0 Å². The summed E-state index contributed by atoms with van der Waals surface area (Å²) in [6, 6.07) is 22.2. The summed E-state index contributed by atoms with van der Waals surface area (Å²) < 4.78 is 13.8. The molecule has 0 radical (unpaired) electrons. The molecular weight excluding hydrogens is 456 g/mol. The van der Waals surface area contributed by atoms with Crippen molar-refractivity contribution in [1.82, 2.24) is 19.7 Å². The lowest BCUT2D eigenvalue weighted by Gasteiger charge is -2.11. The number of rotatable bonds is 7. The minimum Gasteiger partial charge on any atom is -0.497 e. The second kappa shape index (κ2) is 9.58. The van der Waals surface area contributed by atoms with Gasteiger partial charge in [-0.15, -0.1) is 0 Å². The smallest absolute Gasteiger partial charge is 0.296 e. The number of hydrogen-bond acceptors (Lipinski definition) is 5. The first kappa shape index (κ1) is 23.2. The molecule has 2 heterocycles. The molecule has 5 rings (SSSR count). The number of aryl methyl sites for hydroxylation is 1. The third-order valence-corrected chi connectivity index (χ3v) is 6.16. The highest BCUT2D eigenvalue weighted by Gasteiger charge is 2.23. The summed E-state index contributed by atoms with van der Waals surface area (Å²) in [5.74, 6) is 1.07. The molecule has 3 aromatic carbocycles. The van der Waals surface area contributed by atoms with Gasteiger partial charge < -0.3 is 19.4 Å². The summed E-state index contributed by atoms with van der Waals surface area (Å²) in [4.78, 5) is 27.1. The Morgan fingerprint density at radius 3 is 2.36 bits per heavy atom. The fourth-order valence-corrected chi connectivity index (χ4v) is 4.37. The number of benzene rings is 3. The van der Waals surface area contributed by atoms with E-state index in [4.69, 9.17) is 9.47 Å². The molecule has 0 atom stereocenters. The molecule has 0 saturated heterocycles. The van der Waals surface area contributed by atoms with E-state index >= 15 is 0 Å². The third-order valence-electron chi connectivity index (χ3n) is 6.16. The average molecular weight is 483 g/mol. The van der Waals surface area contributed by atoms with E-state index < -0.39 is 0 Å². The van der Waals surface area contributed by atoms with E-state index in [-0.39, 0.29) is 17.2 Å². The van der Waals surface area contributed by atoms with Crippen LogP contribution in [0, 0.1) is 0 Å². The second-order valence-corrected chi connectivity index (χ2v) is 8.32. The van der Waals surface area contributed by atoms with E-state index in [0.717, 1.165) is 22.2 Å². The van der Waals surface area contributed by atoms with Crippen LogP contribution in [0.5, 0.6) is 11.5 Å². The van der Waals surface area contributed by atoms with Crippen LogP contribution >= 0.6 is 0 Å². The van der Waals surface area contributed by atoms with Crippen LogP contribution in [0.3, 0.4) is 0 Å². The van der Waals surface area contributed by atoms with Crippen LogP contribution in [0.4, 0.5) is 0 Å². The molecule has 2 aromatic heterocycles. The van der Waals surface area contributed by atoms with Crippen molar-refractivity contribution in [2.45, 2.75) is 13.5 Å². The zero-order valence-electron chi connectivity index (χ0n) is 20.3. The Morgan fingerprint density at radius 2 is 1.67 bits per heavy atom. The number of carbonyl (C=O) groups excluding carboxylic acids is 1. The van der Waals surface area contributed by atoms with Gasteiger partial charge in [0, 0.05) is 29.9 Å². The Balaban J connectivity index is 1.61. The highest BCUT2D eigenvalue weighted by Crippen LogP contribution is 2.28. The van der Waals surface area contributed by atoms with Gasteiger partial charge in [-0.25, -0.2) is 0 Å². The van der Waals surface area contributed by atoms with Crippen LogP contribution in [0.25, 0.3) is 27.5 Å². The first-order valence-electron chi connectivity index (χ1n) is 11.7. The Labute approximate surface area is 207 Å². The molecule has 36 heavy (non-hydrogen) atoms. The molecule has 8 nitrogen and oxygen atoms in total. The number of nitrogens with zero attached hydrogens (tertiary/aromatic N) is 3. The summed E-state index contributed by atoms with van der Waals surface area (Å²) >= 11 is 0. The molecule has 0 saturated carbocycles. The number of ether oxygens (including phenoxy) is 2. The van der Waals surface area contributed by atoms with E-state index in [0.29, 0.717) is 35.5 Å². The fourth-order valence-electron chi connectivity index (χ4n) is 4.37. The number of nitrogens with one attached hydrogen (secondary N) is 1. The normalized spacial score (nSPS) is 11.1. The second-order valence-electron chi connectivity index (χ2n) is 8.32. The standard InChI is InChI=1S/C28H26N4O4/c1-4-36-21-13-9-18(10-14-21)17-29-27(33)25-24-22-7-5-6-8-23(22)31(2)26(24)28(34)32(30-25)19-11-15-20(35-3)16-12-19/h5-16H,4,17H2,1-3H3,(H,29,33). The molecule has 0 aliphatic carbocycles. The van der Waals surface area contributed by atoms with E-state index in [2.05, 4.69) is 10.4 Å². The number of hydrogen-bond donors (Lipinski definition) is 1. The maximum absolute atomic E-state index is 13.6. The molecule has 0 unspecified atom stereocenters. The summed E-state index contributed by atoms with van der Waals surface area (Å²) in [6.45, 7) is 2.83. The molecule has 0 aliphatic heterocycles. The van der Waals surface area contributed by atoms with Crippen LogP contribution in [0.2, 0.25) is 0 Å². The van der Waals surface area contributed by atoms with Crippen molar-refractivity contribution in [2.75, 3.05) is 13.7 Å². The topological polar surface area (TPSA) is 87.4 Å². The van der Waals surface area contributed by atoms with Crippen molar-refractivity contribution < 1.29 is 14.3 Å². The van der Waals surface area contributed by atoms with Gasteiger partial charge in [-0.3, -0.25) is 9.59 Å². The Morgan fingerprint density at radius 1 is 0.972 bits per heavy atom. The van der Waals surface area contributed by atoms with Gasteiger partial charge in [-0.05, 0) is 55.0 Å². The quantitative estimate of drug-likeness (QED) is 0.375. The predicted molar refractivity (Wildman–Crippen MR) is 139 cm³/mol. The molecule has 1 N–H and O–H groups in total. The van der Waals surface area contributed by atoms with Crippen molar-refractivity contribution in [3.8, 4) is 17.2 Å². The lowest BCUT2D eigenvalue weighted by Crippen LogP contribution is -2.30. The van der Waals surface area contributed by atoms with Gasteiger partial charge in [0.25, 0.3) is 11.5 Å². The summed E-state index contributed by atoms with van der Waals surface area (Å²) in [5.41, 5.74) is 2.59. The number of aromatic nitrogens is 3. The summed E-state index contributed by atoms with van der Waals surface area (Å²) in [7, 11) is 3.40. The van der Waals surface area contributed by atoms with E-state index in [1.807, 2.05) is 67.1 Å². The lowest BCUT2D eigenvalue weighted by molar-refractivity contribution is 0.0946. The zero-order chi connectivity index (χ0) is 25.2. The number of methoxy groups -OCH3 is 1. The van der Waals surface area contributed by atoms with Gasteiger partial charge in [0.15, 0.2) is 5.69 Å². The van der Waals surface area contributed by atoms with E-state index in [1.165, 1.54) is 4.68 Å².